The highest BCUT2D eigenvalue weighted by Gasteiger charge is 2.13. The minimum absolute atomic E-state index is 0.637. The number of rotatable bonds is 4. The van der Waals surface area contributed by atoms with E-state index in [0.29, 0.717) is 5.69 Å². The fourth-order valence-corrected chi connectivity index (χ4v) is 2.13. The molecule has 2 aromatic carbocycles. The summed E-state index contributed by atoms with van der Waals surface area (Å²) < 4.78 is 1.85. The van der Waals surface area contributed by atoms with Crippen LogP contribution in [0, 0.1) is 0 Å². The van der Waals surface area contributed by atoms with E-state index in [1.807, 2.05) is 59.3 Å². The maximum Gasteiger partial charge on any atom is 0.302 e. The van der Waals surface area contributed by atoms with Crippen LogP contribution in [0.1, 0.15) is 5.56 Å². The topological polar surface area (TPSA) is 54.8 Å². The zero-order valence-corrected chi connectivity index (χ0v) is 11.6. The number of nitrogen functional groups attached to an aromatic ring is 1. The van der Waals surface area contributed by atoms with Crippen molar-refractivity contribution in [2.24, 2.45) is 0 Å². The molecule has 4 nitrogen and oxygen atoms in total. The molecule has 0 atom stereocenters. The van der Waals surface area contributed by atoms with Crippen LogP contribution in [0.2, 0.25) is 0 Å². The second-order valence-corrected chi connectivity index (χ2v) is 4.76. The first kappa shape index (κ1) is 13.1. The van der Waals surface area contributed by atoms with Crippen LogP contribution in [0.25, 0.3) is 5.69 Å². The van der Waals surface area contributed by atoms with Crippen molar-refractivity contribution in [2.75, 3.05) is 11.1 Å². The van der Waals surface area contributed by atoms with Gasteiger partial charge in [0.15, 0.2) is 5.69 Å². The molecule has 0 aliphatic carbocycles. The minimum Gasteiger partial charge on any atom is -0.397 e. The molecular weight excluding hydrogens is 260 g/mol. The van der Waals surface area contributed by atoms with Crippen molar-refractivity contribution < 1.29 is 4.68 Å². The molecule has 0 unspecified atom stereocenters. The van der Waals surface area contributed by atoms with Gasteiger partial charge in [0.25, 0.3) is 0 Å². The van der Waals surface area contributed by atoms with Crippen LogP contribution in [-0.4, -0.2) is 5.10 Å². The summed E-state index contributed by atoms with van der Waals surface area (Å²) in [6.07, 6.45) is 1.65. The molecule has 0 radical (unpaired) electrons. The number of anilines is 2. The van der Waals surface area contributed by atoms with Crippen molar-refractivity contribution in [3.63, 3.8) is 0 Å². The Kier molecular flexibility index (Phi) is 3.78. The van der Waals surface area contributed by atoms with Gasteiger partial charge in [0.05, 0.1) is 18.0 Å². The normalized spacial score (nSPS) is 10.3. The fourth-order valence-electron chi connectivity index (χ4n) is 2.13. The van der Waals surface area contributed by atoms with Gasteiger partial charge in [0.1, 0.15) is 6.54 Å². The number of nitrogens with two attached hydrogens (primary N) is 1. The molecule has 104 valence electrons. The predicted octanol–water partition coefficient (Wildman–Crippen LogP) is 2.55. The van der Waals surface area contributed by atoms with Crippen molar-refractivity contribution in [3.8, 4) is 5.69 Å². The van der Waals surface area contributed by atoms with Crippen LogP contribution in [0.4, 0.5) is 11.5 Å². The third kappa shape index (κ3) is 3.17. The average molecular weight is 277 g/mol. The lowest BCUT2D eigenvalue weighted by molar-refractivity contribution is -0.645. The first-order valence-electron chi connectivity index (χ1n) is 6.84. The van der Waals surface area contributed by atoms with Gasteiger partial charge in [-0.15, -0.1) is 0 Å². The second kappa shape index (κ2) is 6.05. The molecule has 0 aliphatic rings. The van der Waals surface area contributed by atoms with E-state index < -0.39 is 0 Å². The molecule has 0 fully saturated rings. The van der Waals surface area contributed by atoms with Gasteiger partial charge in [-0.3, -0.25) is 5.32 Å². The Morgan fingerprint density at radius 2 is 1.62 bits per heavy atom. The van der Waals surface area contributed by atoms with E-state index in [0.717, 1.165) is 18.1 Å². The Morgan fingerprint density at radius 3 is 2.33 bits per heavy atom. The van der Waals surface area contributed by atoms with E-state index in [4.69, 9.17) is 5.73 Å². The summed E-state index contributed by atoms with van der Waals surface area (Å²) in [5.41, 5.74) is 8.70. The van der Waals surface area contributed by atoms with Gasteiger partial charge >= 0.3 is 5.82 Å². The maximum atomic E-state index is 5.86. The molecule has 1 aromatic heterocycles. The zero-order valence-electron chi connectivity index (χ0n) is 11.6. The van der Waals surface area contributed by atoms with E-state index in [1.54, 1.807) is 6.20 Å². The van der Waals surface area contributed by atoms with Crippen molar-refractivity contribution in [1.82, 2.24) is 5.10 Å². The summed E-state index contributed by atoms with van der Waals surface area (Å²) in [5.74, 6) is 0.866. The Balaban J connectivity index is 1.89. The van der Waals surface area contributed by atoms with Gasteiger partial charge in [0.2, 0.25) is 0 Å². The van der Waals surface area contributed by atoms with Gasteiger partial charge in [-0.25, -0.2) is 0 Å². The highest BCUT2D eigenvalue weighted by Crippen LogP contribution is 2.10. The second-order valence-electron chi connectivity index (χ2n) is 4.76. The SMILES string of the molecule is Nc1cn[n+](-c2ccccc2)c(NCc2ccccc2)c1. The zero-order chi connectivity index (χ0) is 14.5. The van der Waals surface area contributed by atoms with E-state index in [1.165, 1.54) is 5.56 Å². The Labute approximate surface area is 123 Å². The molecule has 1 heterocycles. The van der Waals surface area contributed by atoms with Crippen LogP contribution in [0.15, 0.2) is 72.9 Å². The molecule has 0 saturated heterocycles. The third-order valence-electron chi connectivity index (χ3n) is 3.17. The van der Waals surface area contributed by atoms with Crippen LogP contribution in [0.5, 0.6) is 0 Å². The summed E-state index contributed by atoms with van der Waals surface area (Å²) in [5, 5.41) is 7.78. The van der Waals surface area contributed by atoms with Crippen LogP contribution in [-0.2, 0) is 6.54 Å². The van der Waals surface area contributed by atoms with Gasteiger partial charge in [-0.2, -0.15) is 0 Å². The Bertz CT molecular complexity index is 711. The van der Waals surface area contributed by atoms with E-state index >= 15 is 0 Å². The third-order valence-corrected chi connectivity index (χ3v) is 3.17. The summed E-state index contributed by atoms with van der Waals surface area (Å²) in [6, 6.07) is 22.1. The number of hydrogen-bond donors (Lipinski definition) is 2. The highest BCUT2D eigenvalue weighted by molar-refractivity contribution is 5.45. The maximum absolute atomic E-state index is 5.86. The summed E-state index contributed by atoms with van der Waals surface area (Å²) in [4.78, 5) is 0. The standard InChI is InChI=1S/C17H16N4/c18-15-11-17(19-12-14-7-3-1-4-8-14)21(20-13-15)16-9-5-2-6-10-16/h1-11,13H,12H2,(H2,18,19)/p+1. The van der Waals surface area contributed by atoms with Gasteiger partial charge in [0, 0.05) is 0 Å². The highest BCUT2D eigenvalue weighted by atomic mass is 15.3. The molecule has 3 rings (SSSR count). The molecule has 0 amide bonds. The molecule has 0 spiro atoms. The van der Waals surface area contributed by atoms with Gasteiger partial charge < -0.3 is 5.73 Å². The molecular formula is C17H17N4+. The average Bonchev–Trinajstić information content (AvgIpc) is 2.55. The molecule has 0 aliphatic heterocycles. The number of nitrogens with zero attached hydrogens (tertiary/aromatic N) is 2. The van der Waals surface area contributed by atoms with Gasteiger partial charge in [-0.05, 0) is 17.7 Å². The Morgan fingerprint density at radius 1 is 0.952 bits per heavy atom. The summed E-state index contributed by atoms with van der Waals surface area (Å²) in [6.45, 7) is 0.721. The molecule has 4 heteroatoms. The van der Waals surface area contributed by atoms with E-state index in [9.17, 15) is 0 Å². The van der Waals surface area contributed by atoms with Gasteiger partial charge in [-0.1, -0.05) is 58.3 Å². The number of benzene rings is 2. The molecule has 0 saturated carbocycles. The molecule has 3 N–H and O–H groups in total. The van der Waals surface area contributed by atoms with Crippen molar-refractivity contribution >= 4 is 11.5 Å². The quantitative estimate of drug-likeness (QED) is 0.721. The fraction of sp³-hybridized carbons (Fsp3) is 0.0588. The summed E-state index contributed by atoms with van der Waals surface area (Å²) in [7, 11) is 0. The Hall–Kier alpha value is -2.88. The molecule has 21 heavy (non-hydrogen) atoms. The lowest BCUT2D eigenvalue weighted by atomic mass is 10.2. The van der Waals surface area contributed by atoms with Crippen molar-refractivity contribution in [2.45, 2.75) is 6.54 Å². The summed E-state index contributed by atoms with van der Waals surface area (Å²) >= 11 is 0. The number of aromatic nitrogens is 2. The molecule has 0 bridgehead atoms. The van der Waals surface area contributed by atoms with Crippen molar-refractivity contribution in [1.29, 1.82) is 0 Å². The van der Waals surface area contributed by atoms with Crippen molar-refractivity contribution in [3.05, 3.63) is 78.5 Å². The van der Waals surface area contributed by atoms with Crippen LogP contribution >= 0.6 is 0 Å². The molecule has 3 aromatic rings. The lowest BCUT2D eigenvalue weighted by Gasteiger charge is -2.06. The minimum atomic E-state index is 0.637. The van der Waals surface area contributed by atoms with Crippen LogP contribution < -0.4 is 15.7 Å². The lowest BCUT2D eigenvalue weighted by Crippen LogP contribution is -2.38. The van der Waals surface area contributed by atoms with E-state index in [-0.39, 0.29) is 0 Å². The van der Waals surface area contributed by atoms with Crippen LogP contribution in [0.3, 0.4) is 0 Å². The monoisotopic (exact) mass is 277 g/mol. The first-order chi connectivity index (χ1) is 10.3. The predicted molar refractivity (Wildman–Crippen MR) is 84.0 cm³/mol. The number of nitrogens with one attached hydrogen (secondary N) is 1. The number of hydrogen-bond acceptors (Lipinski definition) is 3. The van der Waals surface area contributed by atoms with E-state index in [2.05, 4.69) is 22.5 Å². The largest absolute Gasteiger partial charge is 0.397 e. The first-order valence-corrected chi connectivity index (χ1v) is 6.84. The number of para-hydroxylation sites is 1. The smallest absolute Gasteiger partial charge is 0.302 e.